The number of ether oxygens (including phenoxy) is 1. The number of rotatable bonds is 3. The molecule has 9 heteroatoms. The molecular formula is C21H17Cl2N5O2. The van der Waals surface area contributed by atoms with Gasteiger partial charge in [0.1, 0.15) is 5.56 Å². The molecule has 2 aliphatic heterocycles. The van der Waals surface area contributed by atoms with E-state index in [2.05, 4.69) is 32.7 Å². The molecule has 0 spiro atoms. The Bertz CT molecular complexity index is 1150. The number of hydrogen-bond donors (Lipinski definition) is 2. The zero-order valence-electron chi connectivity index (χ0n) is 15.8. The molecular weight excluding hydrogens is 425 g/mol. The van der Waals surface area contributed by atoms with Gasteiger partial charge in [-0.2, -0.15) is 4.98 Å². The number of hydrogen-bond acceptors (Lipinski definition) is 6. The Morgan fingerprint density at radius 2 is 2.03 bits per heavy atom. The molecule has 1 amide bonds. The fraction of sp³-hybridized carbons (Fsp3) is 0.190. The lowest BCUT2D eigenvalue weighted by molar-refractivity contribution is 0.0932. The van der Waals surface area contributed by atoms with Crippen molar-refractivity contribution in [3.8, 4) is 5.88 Å². The molecule has 0 unspecified atom stereocenters. The van der Waals surface area contributed by atoms with Crippen molar-refractivity contribution in [3.63, 3.8) is 0 Å². The van der Waals surface area contributed by atoms with E-state index in [0.717, 1.165) is 25.2 Å². The van der Waals surface area contributed by atoms with E-state index in [4.69, 9.17) is 27.9 Å². The average molecular weight is 442 g/mol. The summed E-state index contributed by atoms with van der Waals surface area (Å²) in [6, 6.07) is 11.1. The number of halogens is 2. The summed E-state index contributed by atoms with van der Waals surface area (Å²) in [6.45, 7) is 1.82. The first kappa shape index (κ1) is 19.1. The number of amides is 1. The summed E-state index contributed by atoms with van der Waals surface area (Å²) in [5.41, 5.74) is 4.22. The Hall–Kier alpha value is -2.87. The molecule has 3 heterocycles. The van der Waals surface area contributed by atoms with Crippen molar-refractivity contribution in [2.45, 2.75) is 13.0 Å². The lowest BCUT2D eigenvalue weighted by Crippen LogP contribution is -2.39. The van der Waals surface area contributed by atoms with Crippen molar-refractivity contribution in [2.75, 3.05) is 23.5 Å². The highest BCUT2D eigenvalue weighted by Gasteiger charge is 2.30. The van der Waals surface area contributed by atoms with Crippen LogP contribution in [-0.4, -0.2) is 29.2 Å². The maximum absolute atomic E-state index is 12.9. The average Bonchev–Trinajstić information content (AvgIpc) is 2.76. The minimum Gasteiger partial charge on any atom is -0.455 e. The summed E-state index contributed by atoms with van der Waals surface area (Å²) in [4.78, 5) is 23.0. The molecule has 0 radical (unpaired) electrons. The minimum absolute atomic E-state index is 0.0210. The van der Waals surface area contributed by atoms with E-state index in [0.29, 0.717) is 21.7 Å². The largest absolute Gasteiger partial charge is 0.455 e. The SMILES string of the molecule is O=C1c2cnc(Nc3ccc4c(c3)CNCC4)nc2OCN1c1cc(Cl)ccc1Cl. The van der Waals surface area contributed by atoms with E-state index in [1.54, 1.807) is 18.2 Å². The summed E-state index contributed by atoms with van der Waals surface area (Å²) in [7, 11) is 0. The predicted octanol–water partition coefficient (Wildman–Crippen LogP) is 4.17. The van der Waals surface area contributed by atoms with Crippen LogP contribution in [-0.2, 0) is 13.0 Å². The van der Waals surface area contributed by atoms with E-state index in [1.165, 1.54) is 22.2 Å². The third-order valence-corrected chi connectivity index (χ3v) is 5.66. The first-order valence-electron chi connectivity index (χ1n) is 9.45. The lowest BCUT2D eigenvalue weighted by Gasteiger charge is -2.28. The number of aromatic nitrogens is 2. The summed E-state index contributed by atoms with van der Waals surface area (Å²) < 4.78 is 5.73. The maximum Gasteiger partial charge on any atom is 0.268 e. The van der Waals surface area contributed by atoms with Crippen LogP contribution in [0.2, 0.25) is 10.0 Å². The Balaban J connectivity index is 1.39. The molecule has 152 valence electrons. The number of carbonyl (C=O) groups excluding carboxylic acids is 1. The van der Waals surface area contributed by atoms with Crippen LogP contribution in [0.25, 0.3) is 0 Å². The smallest absolute Gasteiger partial charge is 0.268 e. The maximum atomic E-state index is 12.9. The predicted molar refractivity (Wildman–Crippen MR) is 116 cm³/mol. The van der Waals surface area contributed by atoms with Crippen molar-refractivity contribution >= 4 is 46.4 Å². The van der Waals surface area contributed by atoms with Crippen LogP contribution in [0.3, 0.4) is 0 Å². The molecule has 0 saturated carbocycles. The van der Waals surface area contributed by atoms with Crippen LogP contribution >= 0.6 is 23.2 Å². The lowest BCUT2D eigenvalue weighted by atomic mass is 10.0. The molecule has 0 atom stereocenters. The molecule has 0 saturated heterocycles. The van der Waals surface area contributed by atoms with Crippen molar-refractivity contribution in [1.29, 1.82) is 0 Å². The standard InChI is InChI=1S/C21H17Cl2N5O2/c22-14-2-4-17(23)18(8-14)28-11-30-19-16(20(28)29)10-25-21(27-19)26-15-3-1-12-5-6-24-9-13(12)7-15/h1-4,7-8,10,24H,5-6,9,11H2,(H,25,26,27). The quantitative estimate of drug-likeness (QED) is 0.634. The molecule has 0 aliphatic carbocycles. The number of nitrogens with zero attached hydrogens (tertiary/aromatic N) is 3. The van der Waals surface area contributed by atoms with Crippen LogP contribution in [0.5, 0.6) is 5.88 Å². The van der Waals surface area contributed by atoms with Gasteiger partial charge in [-0.05, 0) is 54.4 Å². The second kappa shape index (κ2) is 7.75. The summed E-state index contributed by atoms with van der Waals surface area (Å²) in [5, 5.41) is 7.43. The van der Waals surface area contributed by atoms with Gasteiger partial charge in [0.25, 0.3) is 5.91 Å². The molecule has 30 heavy (non-hydrogen) atoms. The second-order valence-corrected chi connectivity index (χ2v) is 7.89. The Labute approximate surface area is 183 Å². The van der Waals surface area contributed by atoms with E-state index in [9.17, 15) is 4.79 Å². The zero-order chi connectivity index (χ0) is 20.7. The first-order chi connectivity index (χ1) is 14.6. The number of carbonyl (C=O) groups is 1. The van der Waals surface area contributed by atoms with Crippen molar-refractivity contribution < 1.29 is 9.53 Å². The fourth-order valence-corrected chi connectivity index (χ4v) is 3.96. The molecule has 7 nitrogen and oxygen atoms in total. The highest BCUT2D eigenvalue weighted by Crippen LogP contribution is 2.33. The summed E-state index contributed by atoms with van der Waals surface area (Å²) >= 11 is 12.3. The van der Waals surface area contributed by atoms with Crippen molar-refractivity contribution in [1.82, 2.24) is 15.3 Å². The number of benzene rings is 2. The van der Waals surface area contributed by atoms with Crippen LogP contribution in [0.1, 0.15) is 21.5 Å². The zero-order valence-corrected chi connectivity index (χ0v) is 17.3. The van der Waals surface area contributed by atoms with Gasteiger partial charge in [0.2, 0.25) is 11.8 Å². The molecule has 0 bridgehead atoms. The van der Waals surface area contributed by atoms with Crippen molar-refractivity contribution in [2.24, 2.45) is 0 Å². The van der Waals surface area contributed by atoms with Crippen molar-refractivity contribution in [3.05, 3.63) is 69.3 Å². The van der Waals surface area contributed by atoms with Crippen LogP contribution in [0, 0.1) is 0 Å². The Morgan fingerprint density at radius 3 is 2.93 bits per heavy atom. The molecule has 2 aromatic carbocycles. The van der Waals surface area contributed by atoms with Gasteiger partial charge in [-0.3, -0.25) is 9.69 Å². The van der Waals surface area contributed by atoms with Gasteiger partial charge in [-0.1, -0.05) is 29.3 Å². The van der Waals surface area contributed by atoms with Gasteiger partial charge in [0.05, 0.1) is 10.7 Å². The van der Waals surface area contributed by atoms with Crippen LogP contribution in [0.15, 0.2) is 42.6 Å². The van der Waals surface area contributed by atoms with Gasteiger partial charge in [-0.15, -0.1) is 0 Å². The third kappa shape index (κ3) is 3.56. The molecule has 5 rings (SSSR count). The van der Waals surface area contributed by atoms with E-state index in [1.807, 2.05) is 6.07 Å². The highest BCUT2D eigenvalue weighted by molar-refractivity contribution is 6.36. The molecule has 1 aromatic heterocycles. The molecule has 2 N–H and O–H groups in total. The van der Waals surface area contributed by atoms with E-state index < -0.39 is 0 Å². The van der Waals surface area contributed by atoms with Gasteiger partial charge in [0, 0.05) is 23.5 Å². The van der Waals surface area contributed by atoms with Gasteiger partial charge >= 0.3 is 0 Å². The number of fused-ring (bicyclic) bond motifs is 2. The fourth-order valence-electron chi connectivity index (χ4n) is 3.57. The molecule has 3 aromatic rings. The minimum atomic E-state index is -0.299. The normalized spacial score (nSPS) is 15.3. The third-order valence-electron chi connectivity index (χ3n) is 5.11. The highest BCUT2D eigenvalue weighted by atomic mass is 35.5. The van der Waals surface area contributed by atoms with Crippen LogP contribution in [0.4, 0.5) is 17.3 Å². The van der Waals surface area contributed by atoms with Gasteiger partial charge in [-0.25, -0.2) is 4.98 Å². The Morgan fingerprint density at radius 1 is 1.13 bits per heavy atom. The second-order valence-electron chi connectivity index (χ2n) is 7.05. The van der Waals surface area contributed by atoms with E-state index >= 15 is 0 Å². The molecule has 2 aliphatic rings. The van der Waals surface area contributed by atoms with Crippen LogP contribution < -0.4 is 20.3 Å². The number of anilines is 3. The van der Waals surface area contributed by atoms with Gasteiger partial charge < -0.3 is 15.4 Å². The molecule has 0 fully saturated rings. The summed E-state index contributed by atoms with van der Waals surface area (Å²) in [6.07, 6.45) is 2.48. The Kier molecular flexibility index (Phi) is 4.94. The topological polar surface area (TPSA) is 79.4 Å². The monoisotopic (exact) mass is 441 g/mol. The van der Waals surface area contributed by atoms with E-state index in [-0.39, 0.29) is 24.1 Å². The first-order valence-corrected chi connectivity index (χ1v) is 10.2. The number of nitrogens with one attached hydrogen (secondary N) is 2. The summed E-state index contributed by atoms with van der Waals surface area (Å²) in [5.74, 6) is 0.290. The van der Waals surface area contributed by atoms with Gasteiger partial charge in [0.15, 0.2) is 6.73 Å².